The Morgan fingerprint density at radius 2 is 0.794 bits per heavy atom. The van der Waals surface area contributed by atoms with E-state index in [2.05, 4.69) is 187 Å². The van der Waals surface area contributed by atoms with Crippen molar-refractivity contribution >= 4 is 51.8 Å². The molecule has 0 heterocycles. The minimum atomic E-state index is -1.00. The van der Waals surface area contributed by atoms with Crippen LogP contribution in [0.4, 0.5) is 0 Å². The highest BCUT2D eigenvalue weighted by Crippen LogP contribution is 2.44. The lowest BCUT2D eigenvalue weighted by Gasteiger charge is -2.32. The number of Topliss-reactive ketones (excluding diaryl/α,β-unsaturated/α-hetero) is 1. The summed E-state index contributed by atoms with van der Waals surface area (Å²) in [5.74, 6) is 0.139. The molecule has 0 bridgehead atoms. The first kappa shape index (κ1) is 103. The predicted octanol–water partition coefficient (Wildman–Crippen LogP) is 23.0. The van der Waals surface area contributed by atoms with Crippen molar-refractivity contribution in [1.29, 1.82) is 0 Å². The van der Waals surface area contributed by atoms with Gasteiger partial charge < -0.3 is 33.2 Å². The Bertz CT molecular complexity index is 2690. The van der Waals surface area contributed by atoms with Gasteiger partial charge in [0, 0.05) is 56.7 Å². The second-order valence-electron chi connectivity index (χ2n) is 27.4. The van der Waals surface area contributed by atoms with Gasteiger partial charge in [-0.15, -0.1) is 6.58 Å². The number of methoxy groups -OCH3 is 1. The van der Waals surface area contributed by atoms with Gasteiger partial charge in [-0.1, -0.05) is 276 Å². The molecule has 0 amide bonds. The van der Waals surface area contributed by atoms with Gasteiger partial charge >= 0.3 is 29.8 Å². The number of hydrogen-bond acceptors (Lipinski definition) is 12. The number of carbonyl (C=O) groups is 6. The van der Waals surface area contributed by atoms with Crippen LogP contribution in [0.3, 0.4) is 0 Å². The number of fused-ring (bicyclic) bond motifs is 3. The fraction of sp³-hybridized carbons (Fsp3) is 0.518. The van der Waals surface area contributed by atoms with Gasteiger partial charge in [-0.2, -0.15) is 0 Å². The van der Waals surface area contributed by atoms with E-state index in [1.165, 1.54) is 87.9 Å². The Labute approximate surface area is 595 Å². The highest BCUT2D eigenvalue weighted by atomic mass is 28.3. The second kappa shape index (κ2) is 61.2. The molecule has 0 saturated carbocycles. The zero-order valence-electron chi connectivity index (χ0n) is 66.9. The Kier molecular flexibility index (Phi) is 65.2. The lowest BCUT2D eigenvalue weighted by Crippen LogP contribution is -2.32. The molecule has 1 aliphatic carbocycles. The molecular formula is C83H138O12Si2. The van der Waals surface area contributed by atoms with Crippen molar-refractivity contribution in [2.45, 2.75) is 254 Å². The minimum absolute atomic E-state index is 0.167. The maximum atomic E-state index is 11.0. The van der Waals surface area contributed by atoms with E-state index in [1.807, 2.05) is 127 Å². The van der Waals surface area contributed by atoms with Gasteiger partial charge in [-0.05, 0) is 121 Å². The fourth-order valence-electron chi connectivity index (χ4n) is 6.08. The number of carbonyl (C=O) groups excluding carboxylic acids is 6. The maximum absolute atomic E-state index is 11.0. The second-order valence-corrected chi connectivity index (χ2v) is 39.0. The van der Waals surface area contributed by atoms with Crippen LogP contribution in [0.15, 0.2) is 159 Å². The zero-order valence-corrected chi connectivity index (χ0v) is 68.9. The maximum Gasteiger partial charge on any atom is 0.303 e. The van der Waals surface area contributed by atoms with Crippen molar-refractivity contribution in [1.82, 2.24) is 0 Å². The third-order valence-electron chi connectivity index (χ3n) is 12.1. The summed E-state index contributed by atoms with van der Waals surface area (Å²) in [7, 11) is -0.179. The van der Waals surface area contributed by atoms with E-state index in [0.717, 1.165) is 36.6 Å². The van der Waals surface area contributed by atoms with Gasteiger partial charge in [0.1, 0.15) is 37.0 Å². The van der Waals surface area contributed by atoms with E-state index in [9.17, 15) is 28.8 Å². The summed E-state index contributed by atoms with van der Waals surface area (Å²) in [4.78, 5) is 61.3. The molecule has 0 aromatic heterocycles. The van der Waals surface area contributed by atoms with Crippen molar-refractivity contribution in [3.8, 4) is 16.9 Å². The average Bonchev–Trinajstić information content (AvgIpc) is 1.62. The average molecular weight is 1380 g/mol. The highest BCUT2D eigenvalue weighted by molar-refractivity contribution is 6.78. The van der Waals surface area contributed by atoms with Crippen LogP contribution in [0.1, 0.15) is 206 Å². The number of aryl methyl sites for hydroxylation is 2. The standard InChI is InChI=1S/C16H14O2.C9H10O2.C9H12O.C8H10.C7H16O2Si.C7H18Si.C6H12O2.C5H8O2.C5H12.C4H8.C3H6O.2C2H6/c1-11(17)18-10-16-14-8-4-2-6-12(14)13-7-3-5-9-15(13)16;1-8(10)11-7-9-5-3-2-4-6-9;1-3-8-4-6-9(10-2)7-5-8;1-2-8-6-4-3-5-7-8;1-7(8)9-5-6-10(2,3)4;1-7(2,3)8(4,5)6;1-5(7)8-6(2,3)4;1-3-4-7-5(2)6;1-5(2,3)4;1-3-4-2;1-3(2)4;2*1-2/h2-9,16H,10H2,1H3;2-6H,7H2,1H3;4-7H,3H2,1-2H3;3-7H,2H2,1H3;5-6H2,1-4H3;1-6H3;1-4H3;3H,1,4H2,2H3;1-4H3;3H,1,4H2,2H3;1-2H3;2*1-2H3. The molecule has 97 heavy (non-hydrogen) atoms. The molecule has 0 aliphatic heterocycles. The van der Waals surface area contributed by atoms with Crippen LogP contribution in [0, 0.1) is 5.41 Å². The first-order chi connectivity index (χ1) is 44.9. The lowest BCUT2D eigenvalue weighted by molar-refractivity contribution is -0.152. The van der Waals surface area contributed by atoms with Crippen molar-refractivity contribution in [3.05, 3.63) is 187 Å². The third kappa shape index (κ3) is 74.5. The van der Waals surface area contributed by atoms with E-state index < -0.39 is 16.1 Å². The zero-order chi connectivity index (χ0) is 77.0. The quantitative estimate of drug-likeness (QED) is 0.0476. The number of benzene rings is 5. The molecule has 6 rings (SSSR count). The van der Waals surface area contributed by atoms with Crippen molar-refractivity contribution < 1.29 is 57.2 Å². The molecule has 5 aromatic carbocycles. The van der Waals surface area contributed by atoms with Gasteiger partial charge in [0.25, 0.3) is 0 Å². The Hall–Kier alpha value is -7.17. The molecule has 550 valence electrons. The summed E-state index contributed by atoms with van der Waals surface area (Å²) in [6.07, 6.45) is 6.71. The topological polar surface area (TPSA) is 158 Å². The van der Waals surface area contributed by atoms with Gasteiger partial charge in [-0.25, -0.2) is 0 Å². The Morgan fingerprint density at radius 3 is 1.04 bits per heavy atom. The number of esters is 5. The predicted molar refractivity (Wildman–Crippen MR) is 421 cm³/mol. The number of hydrogen-bond donors (Lipinski definition) is 0. The van der Waals surface area contributed by atoms with Crippen LogP contribution in [0.5, 0.6) is 5.75 Å². The first-order valence-corrected chi connectivity index (χ1v) is 41.4. The lowest BCUT2D eigenvalue weighted by atomic mass is 9.98. The molecular weight excluding hydrogens is 1250 g/mol. The van der Waals surface area contributed by atoms with E-state index in [0.29, 0.717) is 36.9 Å². The summed E-state index contributed by atoms with van der Waals surface area (Å²) in [5, 5.41) is 0.576. The van der Waals surface area contributed by atoms with E-state index >= 15 is 0 Å². The van der Waals surface area contributed by atoms with Gasteiger partial charge in [0.15, 0.2) is 0 Å². The number of ketones is 1. The smallest absolute Gasteiger partial charge is 0.303 e. The fourth-order valence-corrected chi connectivity index (χ4v) is 6.80. The molecule has 12 nitrogen and oxygen atoms in total. The van der Waals surface area contributed by atoms with Crippen LogP contribution in [0.25, 0.3) is 11.1 Å². The Morgan fingerprint density at radius 1 is 0.464 bits per heavy atom. The summed E-state index contributed by atoms with van der Waals surface area (Å²) in [5.41, 5.74) is 8.96. The SMILES string of the molecule is C=CCC.C=CCOC(C)=O.CC.CC.CC(=O)OC(C)(C)C.CC(=O)OCC1c2ccccc2-c2ccccc21.CC(=O)OCC[Si](C)(C)C.CC(=O)OCc1ccccc1.CC(C)(C)C.CC(C)(C)[Si](C)(C)C.CC(C)=O.CCc1ccc(OC)cc1.CCc1ccccc1. The Balaban J connectivity index is -0.000000188. The molecule has 0 unspecified atom stereocenters. The van der Waals surface area contributed by atoms with E-state index in [1.54, 1.807) is 7.11 Å². The van der Waals surface area contributed by atoms with Crippen molar-refractivity contribution in [2.24, 2.45) is 5.41 Å². The minimum Gasteiger partial charge on any atom is -0.497 e. The first-order valence-electron chi connectivity index (χ1n) is 34.2. The molecule has 0 atom stereocenters. The van der Waals surface area contributed by atoms with Crippen molar-refractivity contribution in [3.63, 3.8) is 0 Å². The third-order valence-corrected chi connectivity index (χ3v) is 18.3. The van der Waals surface area contributed by atoms with Crippen molar-refractivity contribution in [2.75, 3.05) is 26.9 Å². The normalized spacial score (nSPS) is 10.2. The van der Waals surface area contributed by atoms with Gasteiger partial charge in [-0.3, -0.25) is 24.0 Å². The number of rotatable bonds is 13. The van der Waals surface area contributed by atoms with Crippen LogP contribution in [0.2, 0.25) is 50.4 Å². The molecule has 1 aliphatic rings. The molecule has 0 N–H and O–H groups in total. The highest BCUT2D eigenvalue weighted by Gasteiger charge is 2.30. The molecule has 0 spiro atoms. The largest absolute Gasteiger partial charge is 0.497 e. The molecule has 14 heteroatoms. The number of allylic oxidation sites excluding steroid dienone is 1. The number of ether oxygens (including phenoxy) is 6. The van der Waals surface area contributed by atoms with Gasteiger partial charge in [0.2, 0.25) is 0 Å². The molecule has 5 aromatic rings. The van der Waals surface area contributed by atoms with Crippen LogP contribution in [-0.4, -0.2) is 84.3 Å². The summed E-state index contributed by atoms with van der Waals surface area (Å²) in [6.45, 7) is 68.3. The summed E-state index contributed by atoms with van der Waals surface area (Å²) in [6, 6.07) is 45.9. The molecule has 0 radical (unpaired) electrons. The van der Waals surface area contributed by atoms with Crippen LogP contribution in [-0.2, 0) is 71.9 Å². The van der Waals surface area contributed by atoms with Gasteiger partial charge in [0.05, 0.1) is 13.7 Å². The van der Waals surface area contributed by atoms with E-state index in [4.69, 9.17) is 23.7 Å². The monoisotopic (exact) mass is 1380 g/mol. The van der Waals surface area contributed by atoms with Crippen LogP contribution >= 0.6 is 0 Å². The van der Waals surface area contributed by atoms with E-state index in [-0.39, 0.29) is 47.1 Å². The van der Waals surface area contributed by atoms with Crippen LogP contribution < -0.4 is 4.74 Å². The molecule has 0 saturated heterocycles. The summed E-state index contributed by atoms with van der Waals surface area (Å²) >= 11 is 0. The summed E-state index contributed by atoms with van der Waals surface area (Å²) < 4.78 is 29.0. The molecule has 0 fully saturated rings.